The molecule has 0 atom stereocenters. The van der Waals surface area contributed by atoms with Crippen molar-refractivity contribution < 1.29 is 14.4 Å². The van der Waals surface area contributed by atoms with Crippen LogP contribution in [0.4, 0.5) is 4.79 Å². The van der Waals surface area contributed by atoms with Gasteiger partial charge in [-0.15, -0.1) is 0 Å². The van der Waals surface area contributed by atoms with Gasteiger partial charge in [0, 0.05) is 19.1 Å². The molecule has 0 bridgehead atoms. The second-order valence-electron chi connectivity index (χ2n) is 5.36. The Hall–Kier alpha value is -3.14. The first kappa shape index (κ1) is 16.7. The highest BCUT2D eigenvalue weighted by atomic mass is 35.5. The normalized spacial score (nSPS) is 16.0. The summed E-state index contributed by atoms with van der Waals surface area (Å²) in [5.41, 5.74) is -1.55. The Bertz CT molecular complexity index is 978. The van der Waals surface area contributed by atoms with Crippen LogP contribution in [0.2, 0.25) is 5.02 Å². The molecule has 1 aromatic heterocycles. The van der Waals surface area contributed by atoms with E-state index in [2.05, 4.69) is 5.10 Å². The Labute approximate surface area is 144 Å². The number of benzene rings is 1. The van der Waals surface area contributed by atoms with Crippen LogP contribution in [0.1, 0.15) is 6.04 Å². The van der Waals surface area contributed by atoms with Crippen LogP contribution < -0.4 is 11.4 Å². The number of nitrogens with one attached hydrogen (secondary N) is 1. The fraction of sp³-hybridized carbons (Fsp3) is 0.214. The van der Waals surface area contributed by atoms with Crippen molar-refractivity contribution in [3.63, 3.8) is 0 Å². The van der Waals surface area contributed by atoms with Gasteiger partial charge in [-0.1, -0.05) is 11.6 Å². The number of carbonyl (C=O) groups is 3. The first-order chi connectivity index (χ1) is 11.7. The molecule has 0 radical (unpaired) electrons. The van der Waals surface area contributed by atoms with E-state index in [1.54, 1.807) is 0 Å². The van der Waals surface area contributed by atoms with Crippen LogP contribution in [0, 0.1) is 0 Å². The van der Waals surface area contributed by atoms with Crippen LogP contribution in [0.15, 0.2) is 33.9 Å². The fourth-order valence-corrected chi connectivity index (χ4v) is 2.62. The van der Waals surface area contributed by atoms with Gasteiger partial charge < -0.3 is 0 Å². The molecule has 2 aromatic rings. The highest BCUT2D eigenvalue weighted by Crippen LogP contribution is 2.18. The van der Waals surface area contributed by atoms with Gasteiger partial charge in [0.15, 0.2) is 0 Å². The number of carbonyl (C=O) groups excluding carboxylic acids is 3. The molecule has 0 saturated carbocycles. The Morgan fingerprint density at radius 3 is 1.96 bits per heavy atom. The molecule has 1 N–H and O–H groups in total. The summed E-state index contributed by atoms with van der Waals surface area (Å²) in [7, 11) is 2.36. The predicted molar refractivity (Wildman–Crippen MR) is 85.6 cm³/mol. The van der Waals surface area contributed by atoms with Gasteiger partial charge in [-0.05, 0) is 24.3 Å². The summed E-state index contributed by atoms with van der Waals surface area (Å²) in [4.78, 5) is 62.5. The van der Waals surface area contributed by atoms with Crippen molar-refractivity contribution in [3.8, 4) is 5.69 Å². The molecule has 0 unspecified atom stereocenters. The number of urea groups is 1. The average Bonchev–Trinajstić information content (AvgIpc) is 2.87. The van der Waals surface area contributed by atoms with Gasteiger partial charge in [0.2, 0.25) is 6.04 Å². The molecule has 1 saturated heterocycles. The molecular weight excluding hydrogens is 354 g/mol. The molecule has 11 heteroatoms. The Morgan fingerprint density at radius 1 is 0.920 bits per heavy atom. The summed E-state index contributed by atoms with van der Waals surface area (Å²) in [5, 5.41) is 2.59. The topological polar surface area (TPSA) is 117 Å². The molecule has 1 aromatic carbocycles. The van der Waals surface area contributed by atoms with Crippen molar-refractivity contribution in [2.24, 2.45) is 0 Å². The van der Waals surface area contributed by atoms with Gasteiger partial charge in [0.1, 0.15) is 0 Å². The van der Waals surface area contributed by atoms with Gasteiger partial charge in [0.05, 0.1) is 5.69 Å². The molecule has 3 rings (SSSR count). The lowest BCUT2D eigenvalue weighted by molar-refractivity contribution is -0.147. The number of barbiturate groups is 1. The molecular formula is C14H12ClN5O5. The highest BCUT2D eigenvalue weighted by molar-refractivity contribution is 6.30. The summed E-state index contributed by atoms with van der Waals surface area (Å²) in [6.45, 7) is 0. The number of aromatic nitrogens is 3. The van der Waals surface area contributed by atoms with Crippen molar-refractivity contribution in [3.05, 3.63) is 50.3 Å². The number of imide groups is 2. The number of rotatable bonds is 2. The standard InChI is InChI=1S/C14H12ClN5O5/c1-17-10(21)9(11(22)18(2)13(17)24)20-14(25)19(12(23)16-20)8-5-3-7(15)4-6-8/h3-6,9H,1-2H3,(H,16,23). The minimum Gasteiger partial charge on any atom is -0.271 e. The van der Waals surface area contributed by atoms with Crippen molar-refractivity contribution in [2.75, 3.05) is 14.1 Å². The van der Waals surface area contributed by atoms with Crippen molar-refractivity contribution in [1.29, 1.82) is 0 Å². The molecule has 0 aliphatic carbocycles. The Balaban J connectivity index is 2.15. The number of aromatic amines is 1. The quantitative estimate of drug-likeness (QED) is 0.725. The van der Waals surface area contributed by atoms with Gasteiger partial charge in [-0.2, -0.15) is 0 Å². The van der Waals surface area contributed by atoms with Crippen molar-refractivity contribution in [2.45, 2.75) is 6.04 Å². The average molecular weight is 366 g/mol. The zero-order valence-electron chi connectivity index (χ0n) is 13.1. The molecule has 10 nitrogen and oxygen atoms in total. The first-order valence-electron chi connectivity index (χ1n) is 7.02. The molecule has 4 amide bonds. The third-order valence-corrected chi connectivity index (χ3v) is 4.11. The molecule has 1 aliphatic heterocycles. The fourth-order valence-electron chi connectivity index (χ4n) is 2.50. The summed E-state index contributed by atoms with van der Waals surface area (Å²) in [5.74, 6) is -1.83. The lowest BCUT2D eigenvalue weighted by Crippen LogP contribution is -2.58. The molecule has 1 fully saturated rings. The number of likely N-dealkylation sites (N-methyl/N-ethyl adjacent to an activating group) is 2. The smallest absolute Gasteiger partial charge is 0.271 e. The van der Waals surface area contributed by atoms with Crippen LogP contribution in [-0.4, -0.2) is 56.1 Å². The van der Waals surface area contributed by atoms with E-state index in [-0.39, 0.29) is 5.69 Å². The van der Waals surface area contributed by atoms with Crippen molar-refractivity contribution in [1.82, 2.24) is 24.1 Å². The Morgan fingerprint density at radius 2 is 1.44 bits per heavy atom. The third-order valence-electron chi connectivity index (χ3n) is 3.86. The third kappa shape index (κ3) is 2.47. The van der Waals surface area contributed by atoms with Gasteiger partial charge >= 0.3 is 17.4 Å². The number of H-pyrrole nitrogens is 1. The van der Waals surface area contributed by atoms with E-state index in [1.165, 1.54) is 38.4 Å². The molecule has 1 aliphatic rings. The molecule has 25 heavy (non-hydrogen) atoms. The number of hydrogen-bond donors (Lipinski definition) is 1. The van der Waals surface area contributed by atoms with E-state index in [0.29, 0.717) is 19.5 Å². The van der Waals surface area contributed by atoms with E-state index >= 15 is 0 Å². The Kier molecular flexibility index (Phi) is 3.84. The van der Waals surface area contributed by atoms with Crippen LogP contribution in [-0.2, 0) is 9.59 Å². The SMILES string of the molecule is CN1C(=O)C(n2[nH]c(=O)n(-c3ccc(Cl)cc3)c2=O)C(=O)N(C)C1=O. The maximum atomic E-state index is 12.6. The van der Waals surface area contributed by atoms with Crippen molar-refractivity contribution >= 4 is 29.4 Å². The second kappa shape index (κ2) is 5.74. The zero-order chi connectivity index (χ0) is 18.5. The number of halogens is 1. The lowest BCUT2D eigenvalue weighted by atomic mass is 10.2. The molecule has 130 valence electrons. The summed E-state index contributed by atoms with van der Waals surface area (Å²) < 4.78 is 1.37. The lowest BCUT2D eigenvalue weighted by Gasteiger charge is -2.32. The summed E-state index contributed by atoms with van der Waals surface area (Å²) in [6, 6.07) is 3.36. The predicted octanol–water partition coefficient (Wildman–Crippen LogP) is -0.428. The van der Waals surface area contributed by atoms with Crippen LogP contribution in [0.3, 0.4) is 0 Å². The second-order valence-corrected chi connectivity index (χ2v) is 5.80. The summed E-state index contributed by atoms with van der Waals surface area (Å²) >= 11 is 5.78. The monoisotopic (exact) mass is 365 g/mol. The van der Waals surface area contributed by atoms with E-state index in [1.807, 2.05) is 0 Å². The first-order valence-corrected chi connectivity index (χ1v) is 7.40. The molecule has 0 spiro atoms. The van der Waals surface area contributed by atoms with Gasteiger partial charge in [0.25, 0.3) is 11.8 Å². The number of amides is 4. The van der Waals surface area contributed by atoms with Crippen LogP contribution >= 0.6 is 11.6 Å². The van der Waals surface area contributed by atoms with Crippen LogP contribution in [0.25, 0.3) is 5.69 Å². The minimum absolute atomic E-state index is 0.211. The largest absolute Gasteiger partial charge is 0.352 e. The summed E-state index contributed by atoms with van der Waals surface area (Å²) in [6.07, 6.45) is 0. The van der Waals surface area contributed by atoms with Gasteiger partial charge in [-0.3, -0.25) is 19.4 Å². The zero-order valence-corrected chi connectivity index (χ0v) is 13.9. The number of nitrogens with zero attached hydrogens (tertiary/aromatic N) is 4. The molecule has 2 heterocycles. The van der Waals surface area contributed by atoms with E-state index in [9.17, 15) is 24.0 Å². The van der Waals surface area contributed by atoms with Crippen LogP contribution in [0.5, 0.6) is 0 Å². The van der Waals surface area contributed by atoms with E-state index < -0.39 is 35.3 Å². The maximum Gasteiger partial charge on any atom is 0.352 e. The van der Waals surface area contributed by atoms with E-state index in [4.69, 9.17) is 11.6 Å². The maximum absolute atomic E-state index is 12.6. The minimum atomic E-state index is -1.67. The van der Waals surface area contributed by atoms with Gasteiger partial charge in [-0.25, -0.2) is 28.7 Å². The van der Waals surface area contributed by atoms with E-state index in [0.717, 1.165) is 4.57 Å². The highest BCUT2D eigenvalue weighted by Gasteiger charge is 2.45. The number of hydrogen-bond acceptors (Lipinski definition) is 5.